The van der Waals surface area contributed by atoms with Crippen LogP contribution in [-0.4, -0.2) is 27.4 Å². The van der Waals surface area contributed by atoms with Gasteiger partial charge in [-0.25, -0.2) is 9.78 Å². The van der Waals surface area contributed by atoms with Gasteiger partial charge in [0, 0.05) is 29.8 Å². The number of amides is 1. The SMILES string of the molecule is O=C(NC12CCC(C(=O)CCc3nccnc3Cl)(CC1)C2)OCc1ccccc1. The van der Waals surface area contributed by atoms with Crippen molar-refractivity contribution in [3.05, 3.63) is 59.1 Å². The molecule has 0 aliphatic heterocycles. The summed E-state index contributed by atoms with van der Waals surface area (Å²) >= 11 is 6.05. The monoisotopic (exact) mass is 413 g/mol. The molecular weight excluding hydrogens is 390 g/mol. The fourth-order valence-electron chi connectivity index (χ4n) is 4.75. The van der Waals surface area contributed by atoms with Crippen LogP contribution in [0.4, 0.5) is 4.79 Å². The third kappa shape index (κ3) is 4.27. The number of Topliss-reactive ketones (excluding diaryl/α,β-unsaturated/α-hetero) is 1. The van der Waals surface area contributed by atoms with Crippen molar-refractivity contribution in [2.75, 3.05) is 0 Å². The largest absolute Gasteiger partial charge is 0.445 e. The number of fused-ring (bicyclic) bond motifs is 2. The number of benzene rings is 1. The first kappa shape index (κ1) is 19.8. The summed E-state index contributed by atoms with van der Waals surface area (Å²) in [6, 6.07) is 9.59. The molecule has 0 atom stereocenters. The minimum atomic E-state index is -0.412. The van der Waals surface area contributed by atoms with Gasteiger partial charge in [-0.15, -0.1) is 0 Å². The maximum atomic E-state index is 13.0. The number of aryl methyl sites for hydroxylation is 1. The van der Waals surface area contributed by atoms with Crippen molar-refractivity contribution in [3.63, 3.8) is 0 Å². The highest BCUT2D eigenvalue weighted by molar-refractivity contribution is 6.30. The van der Waals surface area contributed by atoms with E-state index in [2.05, 4.69) is 15.3 Å². The molecule has 0 radical (unpaired) electrons. The van der Waals surface area contributed by atoms with Crippen LogP contribution in [-0.2, 0) is 22.6 Å². The molecule has 152 valence electrons. The molecule has 6 nitrogen and oxygen atoms in total. The Hall–Kier alpha value is -2.47. The highest BCUT2D eigenvalue weighted by Crippen LogP contribution is 2.57. The van der Waals surface area contributed by atoms with Crippen LogP contribution in [0.3, 0.4) is 0 Å². The van der Waals surface area contributed by atoms with E-state index in [1.54, 1.807) is 6.20 Å². The van der Waals surface area contributed by atoms with E-state index in [0.29, 0.717) is 30.1 Å². The van der Waals surface area contributed by atoms with E-state index in [-0.39, 0.29) is 23.3 Å². The smallest absolute Gasteiger partial charge is 0.407 e. The molecule has 2 saturated carbocycles. The van der Waals surface area contributed by atoms with Crippen molar-refractivity contribution >= 4 is 23.5 Å². The zero-order chi connectivity index (χ0) is 20.3. The van der Waals surface area contributed by atoms with Gasteiger partial charge >= 0.3 is 6.09 Å². The molecule has 2 aliphatic carbocycles. The summed E-state index contributed by atoms with van der Waals surface area (Å²) < 4.78 is 5.38. The average Bonchev–Trinajstić information content (AvgIpc) is 3.29. The number of hydrogen-bond acceptors (Lipinski definition) is 5. The van der Waals surface area contributed by atoms with Crippen molar-refractivity contribution in [1.82, 2.24) is 15.3 Å². The summed E-state index contributed by atoms with van der Waals surface area (Å²) in [7, 11) is 0. The number of carbonyl (C=O) groups excluding carboxylic acids is 2. The number of ketones is 1. The molecule has 29 heavy (non-hydrogen) atoms. The number of nitrogens with zero attached hydrogens (tertiary/aromatic N) is 2. The Bertz CT molecular complexity index is 895. The Morgan fingerprint density at radius 1 is 1.07 bits per heavy atom. The first-order chi connectivity index (χ1) is 14.0. The summed E-state index contributed by atoms with van der Waals surface area (Å²) in [5, 5.41) is 3.41. The van der Waals surface area contributed by atoms with Gasteiger partial charge in [0.05, 0.1) is 5.69 Å². The lowest BCUT2D eigenvalue weighted by Crippen LogP contribution is -2.45. The lowest BCUT2D eigenvalue weighted by molar-refractivity contribution is -0.128. The first-order valence-corrected chi connectivity index (χ1v) is 10.4. The lowest BCUT2D eigenvalue weighted by atomic mass is 9.78. The second-order valence-corrected chi connectivity index (χ2v) is 8.50. The van der Waals surface area contributed by atoms with Gasteiger partial charge in [0.1, 0.15) is 17.5 Å². The molecule has 1 aromatic carbocycles. The van der Waals surface area contributed by atoms with Crippen molar-refractivity contribution in [3.8, 4) is 0 Å². The summed E-state index contributed by atoms with van der Waals surface area (Å²) in [6.07, 6.45) is 7.52. The van der Waals surface area contributed by atoms with Crippen LogP contribution in [0, 0.1) is 5.41 Å². The van der Waals surface area contributed by atoms with Crippen LogP contribution in [0.5, 0.6) is 0 Å². The predicted octanol–water partition coefficient (Wildman–Crippen LogP) is 4.26. The highest BCUT2D eigenvalue weighted by atomic mass is 35.5. The standard InChI is InChI=1S/C22H24ClN3O3/c23-19-17(24-12-13-25-19)6-7-18(27)21-8-10-22(15-21,11-9-21)26-20(28)29-14-16-4-2-1-3-5-16/h1-5,12-13H,6-11,14-15H2,(H,26,28). The van der Waals surface area contributed by atoms with Gasteiger partial charge in [-0.3, -0.25) is 9.78 Å². The summed E-state index contributed by atoms with van der Waals surface area (Å²) in [6.45, 7) is 0.242. The molecule has 1 heterocycles. The highest BCUT2D eigenvalue weighted by Gasteiger charge is 2.58. The third-order valence-electron chi connectivity index (χ3n) is 6.32. The lowest BCUT2D eigenvalue weighted by Gasteiger charge is -2.27. The molecule has 0 spiro atoms. The van der Waals surface area contributed by atoms with Crippen LogP contribution in [0.15, 0.2) is 42.7 Å². The van der Waals surface area contributed by atoms with E-state index >= 15 is 0 Å². The van der Waals surface area contributed by atoms with E-state index in [1.807, 2.05) is 30.3 Å². The predicted molar refractivity (Wildman–Crippen MR) is 108 cm³/mol. The molecule has 2 bridgehead atoms. The number of alkyl carbamates (subject to hydrolysis) is 1. The average molecular weight is 414 g/mol. The second kappa shape index (κ2) is 8.11. The van der Waals surface area contributed by atoms with Gasteiger partial charge in [-0.05, 0) is 44.1 Å². The van der Waals surface area contributed by atoms with Gasteiger partial charge in [0.25, 0.3) is 0 Å². The van der Waals surface area contributed by atoms with Gasteiger partial charge in [-0.1, -0.05) is 41.9 Å². The Kier molecular flexibility index (Phi) is 5.54. The van der Waals surface area contributed by atoms with E-state index in [0.717, 1.165) is 31.2 Å². The summed E-state index contributed by atoms with van der Waals surface area (Å²) in [5.74, 6) is 0.234. The van der Waals surface area contributed by atoms with Gasteiger partial charge < -0.3 is 10.1 Å². The fraction of sp³-hybridized carbons (Fsp3) is 0.455. The van der Waals surface area contributed by atoms with Crippen LogP contribution in [0.25, 0.3) is 0 Å². The summed E-state index contributed by atoms with van der Waals surface area (Å²) in [5.41, 5.74) is 0.934. The second-order valence-electron chi connectivity index (χ2n) is 8.14. The number of ether oxygens (including phenoxy) is 1. The van der Waals surface area contributed by atoms with Gasteiger partial charge in [0.2, 0.25) is 0 Å². The molecule has 1 amide bonds. The van der Waals surface area contributed by atoms with E-state index < -0.39 is 6.09 Å². The van der Waals surface area contributed by atoms with E-state index in [9.17, 15) is 9.59 Å². The van der Waals surface area contributed by atoms with Crippen molar-refractivity contribution in [2.45, 2.75) is 57.1 Å². The molecular formula is C22H24ClN3O3. The maximum Gasteiger partial charge on any atom is 0.407 e. The van der Waals surface area contributed by atoms with Crippen LogP contribution >= 0.6 is 11.6 Å². The van der Waals surface area contributed by atoms with Crippen molar-refractivity contribution in [2.24, 2.45) is 5.41 Å². The van der Waals surface area contributed by atoms with Crippen LogP contribution < -0.4 is 5.32 Å². The number of rotatable bonds is 7. The van der Waals surface area contributed by atoms with Gasteiger partial charge in [-0.2, -0.15) is 0 Å². The van der Waals surface area contributed by atoms with E-state index in [4.69, 9.17) is 16.3 Å². The molecule has 1 N–H and O–H groups in total. The Morgan fingerprint density at radius 2 is 1.79 bits per heavy atom. The molecule has 2 fully saturated rings. The molecule has 2 aromatic rings. The first-order valence-electron chi connectivity index (χ1n) is 9.98. The van der Waals surface area contributed by atoms with Crippen LogP contribution in [0.1, 0.15) is 49.8 Å². The van der Waals surface area contributed by atoms with Gasteiger partial charge in [0.15, 0.2) is 0 Å². The molecule has 4 rings (SSSR count). The Balaban J connectivity index is 1.31. The summed E-state index contributed by atoms with van der Waals surface area (Å²) in [4.78, 5) is 33.6. The zero-order valence-electron chi connectivity index (χ0n) is 16.2. The number of nitrogens with one attached hydrogen (secondary N) is 1. The Morgan fingerprint density at radius 3 is 2.52 bits per heavy atom. The molecule has 0 saturated heterocycles. The topological polar surface area (TPSA) is 81.2 Å². The third-order valence-corrected chi connectivity index (χ3v) is 6.64. The normalized spacial score (nSPS) is 25.0. The van der Waals surface area contributed by atoms with Crippen LogP contribution in [0.2, 0.25) is 5.15 Å². The quantitative estimate of drug-likeness (QED) is 0.733. The number of halogens is 1. The zero-order valence-corrected chi connectivity index (χ0v) is 17.0. The van der Waals surface area contributed by atoms with E-state index in [1.165, 1.54) is 6.20 Å². The minimum absolute atomic E-state index is 0.234. The van der Waals surface area contributed by atoms with Crippen molar-refractivity contribution in [1.29, 1.82) is 0 Å². The maximum absolute atomic E-state index is 13.0. The Labute approximate surface area is 175 Å². The number of aromatic nitrogens is 2. The van der Waals surface area contributed by atoms with Crippen molar-refractivity contribution < 1.29 is 14.3 Å². The minimum Gasteiger partial charge on any atom is -0.445 e. The number of carbonyl (C=O) groups is 2. The fourth-order valence-corrected chi connectivity index (χ4v) is 4.95. The molecule has 2 aliphatic rings. The molecule has 7 heteroatoms. The number of hydrogen-bond donors (Lipinski definition) is 1. The molecule has 1 aromatic heterocycles. The molecule has 0 unspecified atom stereocenters.